The Morgan fingerprint density at radius 1 is 1.19 bits per heavy atom. The Balaban J connectivity index is 2.83. The summed E-state index contributed by atoms with van der Waals surface area (Å²) in [4.78, 5) is 8.43. The van der Waals surface area contributed by atoms with Crippen molar-refractivity contribution < 1.29 is 0 Å². The number of hydrogen-bond acceptors (Lipinski definition) is 4. The highest BCUT2D eigenvalue weighted by Gasteiger charge is 2.10. The average Bonchev–Trinajstić information content (AvgIpc) is 2.30. The first kappa shape index (κ1) is 13.2. The Kier molecular flexibility index (Phi) is 5.52. The van der Waals surface area contributed by atoms with Crippen molar-refractivity contribution in [3.8, 4) is 0 Å². The number of hydrogen-bond donors (Lipinski definition) is 2. The van der Waals surface area contributed by atoms with E-state index in [-0.39, 0.29) is 0 Å². The predicted octanol–water partition coefficient (Wildman–Crippen LogP) is 3.27. The van der Waals surface area contributed by atoms with Gasteiger partial charge < -0.3 is 10.6 Å². The molecule has 5 heteroatoms. The van der Waals surface area contributed by atoms with Gasteiger partial charge in [0.25, 0.3) is 0 Å². The van der Waals surface area contributed by atoms with Gasteiger partial charge in [-0.25, -0.2) is 9.97 Å². The van der Waals surface area contributed by atoms with Crippen molar-refractivity contribution in [2.24, 2.45) is 0 Å². The van der Waals surface area contributed by atoms with Crippen molar-refractivity contribution in [3.05, 3.63) is 10.8 Å². The third-order valence-electron chi connectivity index (χ3n) is 2.46. The van der Waals surface area contributed by atoms with E-state index in [0.717, 1.165) is 35.5 Å². The fraction of sp³-hybridized carbons (Fsp3) is 0.636. The molecule has 0 bridgehead atoms. The van der Waals surface area contributed by atoms with Crippen LogP contribution in [0.25, 0.3) is 0 Å². The monoisotopic (exact) mass is 286 g/mol. The lowest BCUT2D eigenvalue weighted by Gasteiger charge is -2.17. The van der Waals surface area contributed by atoms with Crippen LogP contribution in [0.1, 0.15) is 33.6 Å². The summed E-state index contributed by atoms with van der Waals surface area (Å²) in [7, 11) is 0. The number of halogens is 1. The molecule has 0 aliphatic heterocycles. The summed E-state index contributed by atoms with van der Waals surface area (Å²) in [6.45, 7) is 7.23. The van der Waals surface area contributed by atoms with Gasteiger partial charge in [-0.2, -0.15) is 0 Å². The maximum Gasteiger partial charge on any atom is 0.146 e. The Morgan fingerprint density at radius 2 is 1.81 bits per heavy atom. The van der Waals surface area contributed by atoms with Crippen LogP contribution in [-0.4, -0.2) is 22.6 Å². The van der Waals surface area contributed by atoms with Gasteiger partial charge >= 0.3 is 0 Å². The largest absolute Gasteiger partial charge is 0.369 e. The Morgan fingerprint density at radius 3 is 2.38 bits per heavy atom. The molecule has 16 heavy (non-hydrogen) atoms. The molecule has 0 saturated carbocycles. The smallest absolute Gasteiger partial charge is 0.146 e. The van der Waals surface area contributed by atoms with Crippen LogP contribution in [0.5, 0.6) is 0 Å². The van der Waals surface area contributed by atoms with E-state index < -0.39 is 0 Å². The second-order valence-corrected chi connectivity index (χ2v) is 4.37. The Hall–Kier alpha value is -0.840. The first-order valence-electron chi connectivity index (χ1n) is 5.73. The number of anilines is 2. The number of aromatic nitrogens is 2. The van der Waals surface area contributed by atoms with Crippen LogP contribution in [-0.2, 0) is 0 Å². The van der Waals surface area contributed by atoms with E-state index in [2.05, 4.69) is 50.4 Å². The van der Waals surface area contributed by atoms with Crippen LogP contribution < -0.4 is 10.6 Å². The molecule has 0 aliphatic carbocycles. The van der Waals surface area contributed by atoms with Crippen LogP contribution in [0, 0.1) is 0 Å². The standard InChI is InChI=1S/C11H19BrN4/c1-4-8(5-2)16-11-9(12)10(13-6-3)14-7-15-11/h7-8H,4-6H2,1-3H3,(H2,13,14,15,16). The summed E-state index contributed by atoms with van der Waals surface area (Å²) >= 11 is 3.52. The maximum atomic E-state index is 4.25. The van der Waals surface area contributed by atoms with Gasteiger partial charge in [0.2, 0.25) is 0 Å². The van der Waals surface area contributed by atoms with E-state index in [0.29, 0.717) is 6.04 Å². The van der Waals surface area contributed by atoms with Gasteiger partial charge in [0.15, 0.2) is 0 Å². The van der Waals surface area contributed by atoms with Crippen molar-refractivity contribution in [1.29, 1.82) is 0 Å². The molecule has 0 aliphatic rings. The molecule has 0 aromatic carbocycles. The lowest BCUT2D eigenvalue weighted by Crippen LogP contribution is -2.18. The SMILES string of the molecule is CCNc1ncnc(NC(CC)CC)c1Br. The summed E-state index contributed by atoms with van der Waals surface area (Å²) in [6.07, 6.45) is 3.75. The normalized spacial score (nSPS) is 10.6. The summed E-state index contributed by atoms with van der Waals surface area (Å²) in [5.41, 5.74) is 0. The average molecular weight is 287 g/mol. The number of rotatable bonds is 6. The quantitative estimate of drug-likeness (QED) is 0.843. The molecule has 1 aromatic rings. The first-order chi connectivity index (χ1) is 7.72. The molecule has 90 valence electrons. The molecular weight excluding hydrogens is 268 g/mol. The molecule has 1 aromatic heterocycles. The van der Waals surface area contributed by atoms with Crippen LogP contribution >= 0.6 is 15.9 Å². The van der Waals surface area contributed by atoms with Gasteiger partial charge in [-0.1, -0.05) is 13.8 Å². The second-order valence-electron chi connectivity index (χ2n) is 3.57. The Bertz CT molecular complexity index is 326. The number of nitrogens with one attached hydrogen (secondary N) is 2. The van der Waals surface area contributed by atoms with E-state index in [1.54, 1.807) is 6.33 Å². The fourth-order valence-corrected chi connectivity index (χ4v) is 1.91. The third kappa shape index (κ3) is 3.33. The van der Waals surface area contributed by atoms with Crippen molar-refractivity contribution in [2.75, 3.05) is 17.2 Å². The summed E-state index contributed by atoms with van der Waals surface area (Å²) in [5, 5.41) is 6.59. The molecule has 0 fully saturated rings. The van der Waals surface area contributed by atoms with Gasteiger partial charge in [-0.15, -0.1) is 0 Å². The minimum atomic E-state index is 0.459. The molecule has 0 amide bonds. The lowest BCUT2D eigenvalue weighted by molar-refractivity contribution is 0.667. The molecule has 0 radical (unpaired) electrons. The van der Waals surface area contributed by atoms with Crippen molar-refractivity contribution in [1.82, 2.24) is 9.97 Å². The van der Waals surface area contributed by atoms with Gasteiger partial charge in [0.1, 0.15) is 22.4 Å². The van der Waals surface area contributed by atoms with Crippen LogP contribution in [0.3, 0.4) is 0 Å². The zero-order valence-corrected chi connectivity index (χ0v) is 11.6. The van der Waals surface area contributed by atoms with Gasteiger partial charge in [0.05, 0.1) is 0 Å². The molecule has 0 unspecified atom stereocenters. The van der Waals surface area contributed by atoms with Gasteiger partial charge in [0, 0.05) is 12.6 Å². The van der Waals surface area contributed by atoms with Crippen molar-refractivity contribution in [2.45, 2.75) is 39.7 Å². The molecule has 0 atom stereocenters. The molecular formula is C11H19BrN4. The molecule has 1 rings (SSSR count). The minimum Gasteiger partial charge on any atom is -0.369 e. The topological polar surface area (TPSA) is 49.8 Å². The molecule has 0 saturated heterocycles. The Labute approximate surface area is 105 Å². The van der Waals surface area contributed by atoms with Crippen LogP contribution in [0.15, 0.2) is 10.8 Å². The maximum absolute atomic E-state index is 4.25. The van der Waals surface area contributed by atoms with E-state index >= 15 is 0 Å². The molecule has 0 spiro atoms. The van der Waals surface area contributed by atoms with Crippen LogP contribution in [0.4, 0.5) is 11.6 Å². The van der Waals surface area contributed by atoms with Crippen molar-refractivity contribution in [3.63, 3.8) is 0 Å². The summed E-state index contributed by atoms with van der Waals surface area (Å²) in [5.74, 6) is 1.70. The molecule has 2 N–H and O–H groups in total. The third-order valence-corrected chi connectivity index (χ3v) is 3.21. The van der Waals surface area contributed by atoms with Crippen LogP contribution in [0.2, 0.25) is 0 Å². The summed E-state index contributed by atoms with van der Waals surface area (Å²) in [6, 6.07) is 0.459. The van der Waals surface area contributed by atoms with Gasteiger partial charge in [-0.3, -0.25) is 0 Å². The van der Waals surface area contributed by atoms with E-state index in [9.17, 15) is 0 Å². The fourth-order valence-electron chi connectivity index (χ4n) is 1.45. The zero-order chi connectivity index (χ0) is 12.0. The van der Waals surface area contributed by atoms with E-state index in [1.165, 1.54) is 0 Å². The highest BCUT2D eigenvalue weighted by Crippen LogP contribution is 2.27. The highest BCUT2D eigenvalue weighted by atomic mass is 79.9. The molecule has 4 nitrogen and oxygen atoms in total. The second kappa shape index (κ2) is 6.68. The lowest BCUT2D eigenvalue weighted by atomic mass is 10.2. The number of nitrogens with zero attached hydrogens (tertiary/aromatic N) is 2. The first-order valence-corrected chi connectivity index (χ1v) is 6.53. The molecule has 1 heterocycles. The van der Waals surface area contributed by atoms with Gasteiger partial charge in [-0.05, 0) is 35.7 Å². The van der Waals surface area contributed by atoms with Crippen molar-refractivity contribution >= 4 is 27.6 Å². The zero-order valence-electron chi connectivity index (χ0n) is 10.0. The highest BCUT2D eigenvalue weighted by molar-refractivity contribution is 9.10. The summed E-state index contributed by atoms with van der Waals surface area (Å²) < 4.78 is 0.906. The van der Waals surface area contributed by atoms with E-state index in [4.69, 9.17) is 0 Å². The minimum absolute atomic E-state index is 0.459. The predicted molar refractivity (Wildman–Crippen MR) is 71.9 cm³/mol. The van der Waals surface area contributed by atoms with E-state index in [1.807, 2.05) is 6.92 Å².